The lowest BCUT2D eigenvalue weighted by molar-refractivity contribution is -0.141. The van der Waals surface area contributed by atoms with Crippen molar-refractivity contribution in [2.45, 2.75) is 12.5 Å². The van der Waals surface area contributed by atoms with E-state index in [1.54, 1.807) is 12.1 Å². The molecule has 0 radical (unpaired) electrons. The van der Waals surface area contributed by atoms with Gasteiger partial charge in [0.1, 0.15) is 0 Å². The van der Waals surface area contributed by atoms with Crippen LogP contribution in [0.4, 0.5) is 0 Å². The van der Waals surface area contributed by atoms with Gasteiger partial charge in [-0.25, -0.2) is 0 Å². The van der Waals surface area contributed by atoms with Crippen molar-refractivity contribution < 1.29 is 18.7 Å². The molecule has 0 fully saturated rings. The maximum atomic E-state index is 11.9. The van der Waals surface area contributed by atoms with Gasteiger partial charge in [0.2, 0.25) is 0 Å². The largest absolute Gasteiger partial charge is 0.469 e. The van der Waals surface area contributed by atoms with E-state index in [1.807, 2.05) is 17.5 Å². The van der Waals surface area contributed by atoms with E-state index in [1.165, 1.54) is 24.7 Å². The quantitative estimate of drug-likeness (QED) is 0.853. The fourth-order valence-electron chi connectivity index (χ4n) is 1.60. The average Bonchev–Trinajstić information content (AvgIpc) is 3.10. The maximum Gasteiger partial charge on any atom is 0.307 e. The number of furan rings is 1. The smallest absolute Gasteiger partial charge is 0.307 e. The van der Waals surface area contributed by atoms with E-state index in [9.17, 15) is 9.59 Å². The minimum absolute atomic E-state index is 0.0868. The molecule has 0 bridgehead atoms. The molecular weight excluding hydrogens is 266 g/mol. The van der Waals surface area contributed by atoms with Gasteiger partial charge in [0.05, 0.1) is 25.8 Å². The van der Waals surface area contributed by atoms with Gasteiger partial charge in [0.25, 0.3) is 5.91 Å². The molecule has 0 aliphatic carbocycles. The first-order valence-electron chi connectivity index (χ1n) is 5.65. The van der Waals surface area contributed by atoms with E-state index in [0.29, 0.717) is 0 Å². The molecule has 1 amide bonds. The molecular formula is C13H13NO4S. The standard InChI is InChI=1S/C13H13NO4S/c1-17-12(15)8-9(11-5-3-7-19-11)14-13(16)10-4-2-6-18-10/h2-7,9H,8H2,1H3,(H,14,16)/t9-/m0/s1. The van der Waals surface area contributed by atoms with E-state index >= 15 is 0 Å². The highest BCUT2D eigenvalue weighted by Crippen LogP contribution is 2.23. The number of nitrogens with one attached hydrogen (secondary N) is 1. The van der Waals surface area contributed by atoms with Crippen LogP contribution in [0.5, 0.6) is 0 Å². The van der Waals surface area contributed by atoms with Gasteiger partial charge >= 0.3 is 5.97 Å². The fraction of sp³-hybridized carbons (Fsp3) is 0.231. The molecule has 0 aromatic carbocycles. The van der Waals surface area contributed by atoms with Crippen LogP contribution in [0.15, 0.2) is 40.3 Å². The summed E-state index contributed by atoms with van der Waals surface area (Å²) in [5.74, 6) is -0.517. The predicted octanol–water partition coefficient (Wildman–Crippen LogP) is 2.38. The van der Waals surface area contributed by atoms with Gasteiger partial charge < -0.3 is 14.5 Å². The molecule has 2 aromatic heterocycles. The normalized spacial score (nSPS) is 11.8. The Morgan fingerprint density at radius 3 is 2.84 bits per heavy atom. The highest BCUT2D eigenvalue weighted by molar-refractivity contribution is 7.10. The van der Waals surface area contributed by atoms with Crippen molar-refractivity contribution in [3.05, 3.63) is 46.5 Å². The SMILES string of the molecule is COC(=O)C[C@H](NC(=O)c1ccco1)c1cccs1. The Morgan fingerprint density at radius 2 is 2.26 bits per heavy atom. The number of amides is 1. The third-order valence-corrected chi connectivity index (χ3v) is 3.52. The van der Waals surface area contributed by atoms with Crippen molar-refractivity contribution >= 4 is 23.2 Å². The first-order valence-corrected chi connectivity index (χ1v) is 6.53. The number of esters is 1. The summed E-state index contributed by atoms with van der Waals surface area (Å²) in [5.41, 5.74) is 0. The third-order valence-electron chi connectivity index (χ3n) is 2.54. The van der Waals surface area contributed by atoms with E-state index in [4.69, 9.17) is 4.42 Å². The predicted molar refractivity (Wildman–Crippen MR) is 69.9 cm³/mol. The Bertz CT molecular complexity index is 533. The molecule has 0 aliphatic rings. The van der Waals surface area contributed by atoms with E-state index < -0.39 is 6.04 Å². The topological polar surface area (TPSA) is 68.5 Å². The molecule has 1 N–H and O–H groups in total. The lowest BCUT2D eigenvalue weighted by Gasteiger charge is -2.15. The van der Waals surface area contributed by atoms with Gasteiger partial charge in [-0.05, 0) is 23.6 Å². The van der Waals surface area contributed by atoms with Crippen LogP contribution in [-0.4, -0.2) is 19.0 Å². The molecule has 2 heterocycles. The Labute approximate surface area is 114 Å². The Kier molecular flexibility index (Phi) is 4.35. The number of rotatable bonds is 5. The second kappa shape index (κ2) is 6.19. The molecule has 0 spiro atoms. The number of hydrogen-bond donors (Lipinski definition) is 1. The highest BCUT2D eigenvalue weighted by Gasteiger charge is 2.21. The number of thiophene rings is 1. The maximum absolute atomic E-state index is 11.9. The van der Waals surface area contributed by atoms with Crippen LogP contribution in [-0.2, 0) is 9.53 Å². The van der Waals surface area contributed by atoms with Crippen molar-refractivity contribution in [2.75, 3.05) is 7.11 Å². The zero-order chi connectivity index (χ0) is 13.7. The summed E-state index contributed by atoms with van der Waals surface area (Å²) >= 11 is 1.47. The number of carbonyl (C=O) groups is 2. The van der Waals surface area contributed by atoms with E-state index in [2.05, 4.69) is 10.1 Å². The summed E-state index contributed by atoms with van der Waals surface area (Å²) in [4.78, 5) is 24.2. The molecule has 6 heteroatoms. The summed E-state index contributed by atoms with van der Waals surface area (Å²) in [5, 5.41) is 4.65. The van der Waals surface area contributed by atoms with Crippen molar-refractivity contribution in [2.24, 2.45) is 0 Å². The lowest BCUT2D eigenvalue weighted by Crippen LogP contribution is -2.29. The zero-order valence-electron chi connectivity index (χ0n) is 10.3. The van der Waals surface area contributed by atoms with Crippen LogP contribution in [0.25, 0.3) is 0 Å². The number of ether oxygens (including phenoxy) is 1. The molecule has 100 valence electrons. The average molecular weight is 279 g/mol. The summed E-state index contributed by atoms with van der Waals surface area (Å²) in [6, 6.07) is 6.52. The Hall–Kier alpha value is -2.08. The monoisotopic (exact) mass is 279 g/mol. The molecule has 0 unspecified atom stereocenters. The second-order valence-corrected chi connectivity index (χ2v) is 4.78. The van der Waals surface area contributed by atoms with Crippen molar-refractivity contribution in [3.63, 3.8) is 0 Å². The molecule has 1 atom stereocenters. The minimum atomic E-state index is -0.412. The van der Waals surface area contributed by atoms with Crippen LogP contribution < -0.4 is 5.32 Å². The number of carbonyl (C=O) groups excluding carboxylic acids is 2. The first-order chi connectivity index (χ1) is 9.20. The lowest BCUT2D eigenvalue weighted by atomic mass is 10.1. The van der Waals surface area contributed by atoms with Gasteiger partial charge in [-0.15, -0.1) is 11.3 Å². The van der Waals surface area contributed by atoms with Gasteiger partial charge in [-0.1, -0.05) is 6.07 Å². The van der Waals surface area contributed by atoms with Crippen LogP contribution in [0.3, 0.4) is 0 Å². The highest BCUT2D eigenvalue weighted by atomic mass is 32.1. The zero-order valence-corrected chi connectivity index (χ0v) is 11.1. The first kappa shape index (κ1) is 13.4. The summed E-state index contributed by atoms with van der Waals surface area (Å²) < 4.78 is 9.66. The van der Waals surface area contributed by atoms with Crippen molar-refractivity contribution in [1.29, 1.82) is 0 Å². The fourth-order valence-corrected chi connectivity index (χ4v) is 2.38. The van der Waals surface area contributed by atoms with Crippen molar-refractivity contribution in [1.82, 2.24) is 5.32 Å². The summed E-state index contributed by atoms with van der Waals surface area (Å²) in [7, 11) is 1.32. The van der Waals surface area contributed by atoms with Crippen LogP contribution >= 0.6 is 11.3 Å². The second-order valence-electron chi connectivity index (χ2n) is 3.80. The van der Waals surface area contributed by atoms with Crippen molar-refractivity contribution in [3.8, 4) is 0 Å². The summed E-state index contributed by atoms with van der Waals surface area (Å²) in [6.45, 7) is 0. The molecule has 2 aromatic rings. The molecule has 19 heavy (non-hydrogen) atoms. The van der Waals surface area contributed by atoms with E-state index in [-0.39, 0.29) is 24.1 Å². The third kappa shape index (κ3) is 3.45. The van der Waals surface area contributed by atoms with Crippen LogP contribution in [0.1, 0.15) is 27.9 Å². The molecule has 2 rings (SSSR count). The Morgan fingerprint density at radius 1 is 1.42 bits per heavy atom. The molecule has 0 aliphatic heterocycles. The van der Waals surface area contributed by atoms with Gasteiger partial charge in [-0.3, -0.25) is 9.59 Å². The Balaban J connectivity index is 2.10. The molecule has 0 saturated carbocycles. The van der Waals surface area contributed by atoms with Crippen LogP contribution in [0.2, 0.25) is 0 Å². The van der Waals surface area contributed by atoms with E-state index in [0.717, 1.165) is 4.88 Å². The minimum Gasteiger partial charge on any atom is -0.469 e. The molecule has 0 saturated heterocycles. The van der Waals surface area contributed by atoms with Crippen LogP contribution in [0, 0.1) is 0 Å². The molecule has 5 nitrogen and oxygen atoms in total. The number of hydrogen-bond acceptors (Lipinski definition) is 5. The van der Waals surface area contributed by atoms with Gasteiger partial charge in [-0.2, -0.15) is 0 Å². The summed E-state index contributed by atoms with van der Waals surface area (Å²) in [6.07, 6.45) is 1.51. The van der Waals surface area contributed by atoms with Gasteiger partial charge in [0.15, 0.2) is 5.76 Å². The number of methoxy groups -OCH3 is 1. The van der Waals surface area contributed by atoms with Gasteiger partial charge in [0, 0.05) is 4.88 Å².